The zero-order valence-corrected chi connectivity index (χ0v) is 12.8. The number of nitrogens with two attached hydrogens (primary N) is 1. The summed E-state index contributed by atoms with van der Waals surface area (Å²) in [5.41, 5.74) is 4.09. The molecule has 0 amide bonds. The number of esters is 1. The molecule has 0 aliphatic heterocycles. The second-order valence-corrected chi connectivity index (χ2v) is 8.28. The van der Waals surface area contributed by atoms with Gasteiger partial charge in [0.15, 0.2) is 9.84 Å². The van der Waals surface area contributed by atoms with Crippen LogP contribution in [0.5, 0.6) is 0 Å². The molecule has 5 nitrogen and oxygen atoms in total. The maximum Gasteiger partial charge on any atom is 0.341 e. The van der Waals surface area contributed by atoms with Gasteiger partial charge in [-0.05, 0) is 26.8 Å². The number of carbonyl (C=O) groups excluding carboxylic acids is 1. The number of hydrogen-bond donors (Lipinski definition) is 1. The molecule has 0 spiro atoms. The van der Waals surface area contributed by atoms with Gasteiger partial charge in [-0.1, -0.05) is 0 Å². The summed E-state index contributed by atoms with van der Waals surface area (Å²) >= 11 is 0. The summed E-state index contributed by atoms with van der Waals surface area (Å²) in [5.74, 6) is -3.53. The molecular formula is C13H17F2NO4S. The maximum absolute atomic E-state index is 13.5. The third-order valence-electron chi connectivity index (χ3n) is 2.82. The Labute approximate surface area is 122 Å². The van der Waals surface area contributed by atoms with Gasteiger partial charge in [0, 0.05) is 6.07 Å². The van der Waals surface area contributed by atoms with Gasteiger partial charge in [-0.15, -0.1) is 0 Å². The fourth-order valence-corrected chi connectivity index (χ4v) is 2.26. The van der Waals surface area contributed by atoms with E-state index >= 15 is 0 Å². The highest BCUT2D eigenvalue weighted by molar-refractivity contribution is 7.92. The number of anilines is 1. The summed E-state index contributed by atoms with van der Waals surface area (Å²) in [6, 6.07) is 1.28. The SMILES string of the molecule is CC(C)(C)S(=O)(=O)CCOC(=O)c1cc(F)c(N)cc1F. The molecule has 1 aromatic rings. The van der Waals surface area contributed by atoms with Crippen LogP contribution in [-0.4, -0.2) is 31.5 Å². The fourth-order valence-electron chi connectivity index (χ4n) is 1.35. The van der Waals surface area contributed by atoms with Gasteiger partial charge in [0.25, 0.3) is 0 Å². The number of hydrogen-bond acceptors (Lipinski definition) is 5. The maximum atomic E-state index is 13.5. The number of halogens is 2. The van der Waals surface area contributed by atoms with Crippen molar-refractivity contribution in [3.63, 3.8) is 0 Å². The van der Waals surface area contributed by atoms with Crippen LogP contribution in [0.25, 0.3) is 0 Å². The lowest BCUT2D eigenvalue weighted by atomic mass is 10.2. The predicted molar refractivity (Wildman–Crippen MR) is 74.6 cm³/mol. The molecule has 0 aliphatic carbocycles. The van der Waals surface area contributed by atoms with Crippen LogP contribution in [0.3, 0.4) is 0 Å². The normalized spacial score (nSPS) is 12.2. The quantitative estimate of drug-likeness (QED) is 0.676. The van der Waals surface area contributed by atoms with E-state index in [1.54, 1.807) is 0 Å². The molecule has 21 heavy (non-hydrogen) atoms. The van der Waals surface area contributed by atoms with Crippen LogP contribution >= 0.6 is 0 Å². The number of carbonyl (C=O) groups is 1. The second-order valence-electron chi connectivity index (χ2n) is 5.42. The number of benzene rings is 1. The number of sulfone groups is 1. The van der Waals surface area contributed by atoms with Crippen molar-refractivity contribution in [1.82, 2.24) is 0 Å². The first-order valence-electron chi connectivity index (χ1n) is 6.09. The third-order valence-corrected chi connectivity index (χ3v) is 5.39. The summed E-state index contributed by atoms with van der Waals surface area (Å²) in [6.45, 7) is 4.10. The first-order valence-corrected chi connectivity index (χ1v) is 7.75. The van der Waals surface area contributed by atoms with Gasteiger partial charge in [-0.3, -0.25) is 0 Å². The summed E-state index contributed by atoms with van der Waals surface area (Å²) in [4.78, 5) is 11.6. The van der Waals surface area contributed by atoms with Crippen molar-refractivity contribution in [2.45, 2.75) is 25.5 Å². The largest absolute Gasteiger partial charge is 0.461 e. The lowest BCUT2D eigenvalue weighted by molar-refractivity contribution is 0.0523. The molecule has 0 heterocycles. The van der Waals surface area contributed by atoms with Crippen LogP contribution in [-0.2, 0) is 14.6 Å². The van der Waals surface area contributed by atoms with Gasteiger partial charge in [0.1, 0.15) is 18.2 Å². The van der Waals surface area contributed by atoms with Gasteiger partial charge >= 0.3 is 5.97 Å². The van der Waals surface area contributed by atoms with Crippen LogP contribution in [0.2, 0.25) is 0 Å². The highest BCUT2D eigenvalue weighted by Crippen LogP contribution is 2.18. The van der Waals surface area contributed by atoms with Gasteiger partial charge in [-0.25, -0.2) is 22.0 Å². The molecule has 0 fully saturated rings. The minimum Gasteiger partial charge on any atom is -0.461 e. The van der Waals surface area contributed by atoms with Gasteiger partial charge < -0.3 is 10.5 Å². The Morgan fingerprint density at radius 1 is 1.24 bits per heavy atom. The highest BCUT2D eigenvalue weighted by Gasteiger charge is 2.29. The number of nitrogen functional groups attached to an aromatic ring is 1. The number of rotatable bonds is 4. The van der Waals surface area contributed by atoms with E-state index in [1.165, 1.54) is 20.8 Å². The van der Waals surface area contributed by atoms with Crippen molar-refractivity contribution in [2.24, 2.45) is 0 Å². The lowest BCUT2D eigenvalue weighted by Gasteiger charge is -2.18. The van der Waals surface area contributed by atoms with E-state index in [9.17, 15) is 22.0 Å². The van der Waals surface area contributed by atoms with E-state index in [0.29, 0.717) is 12.1 Å². The molecule has 0 bridgehead atoms. The second kappa shape index (κ2) is 5.97. The molecule has 1 aromatic carbocycles. The first-order chi connectivity index (χ1) is 9.45. The standard InChI is InChI=1S/C13H17F2NO4S/c1-13(2,3)21(18,19)5-4-20-12(17)8-6-10(15)11(16)7-9(8)14/h6-7H,4-5,16H2,1-3H3. The summed E-state index contributed by atoms with van der Waals surface area (Å²) in [5, 5.41) is 0. The molecule has 0 atom stereocenters. The lowest BCUT2D eigenvalue weighted by Crippen LogP contribution is -2.32. The Balaban J connectivity index is 2.74. The monoisotopic (exact) mass is 321 g/mol. The summed E-state index contributed by atoms with van der Waals surface area (Å²) in [6.07, 6.45) is 0. The molecule has 0 aromatic heterocycles. The van der Waals surface area contributed by atoms with Crippen LogP contribution in [0, 0.1) is 11.6 Å². The molecule has 0 radical (unpaired) electrons. The smallest absolute Gasteiger partial charge is 0.341 e. The Kier molecular flexibility index (Phi) is 4.93. The molecule has 118 valence electrons. The van der Waals surface area contributed by atoms with Crippen LogP contribution in [0.4, 0.5) is 14.5 Å². The van der Waals surface area contributed by atoms with E-state index < -0.39 is 55.8 Å². The Morgan fingerprint density at radius 3 is 2.33 bits per heavy atom. The average molecular weight is 321 g/mol. The molecule has 0 unspecified atom stereocenters. The van der Waals surface area contributed by atoms with Crippen molar-refractivity contribution in [3.8, 4) is 0 Å². The van der Waals surface area contributed by atoms with Crippen molar-refractivity contribution < 1.29 is 26.7 Å². The molecule has 0 saturated heterocycles. The first kappa shape index (κ1) is 17.4. The van der Waals surface area contributed by atoms with Gasteiger partial charge in [-0.2, -0.15) is 0 Å². The Morgan fingerprint density at radius 2 is 1.81 bits per heavy atom. The van der Waals surface area contributed by atoms with E-state index in [0.717, 1.165) is 0 Å². The van der Waals surface area contributed by atoms with E-state index in [4.69, 9.17) is 5.73 Å². The molecule has 0 saturated carbocycles. The minimum atomic E-state index is -3.47. The zero-order chi connectivity index (χ0) is 16.4. The van der Waals surface area contributed by atoms with E-state index in [2.05, 4.69) is 4.74 Å². The van der Waals surface area contributed by atoms with Crippen molar-refractivity contribution in [3.05, 3.63) is 29.3 Å². The molecule has 8 heteroatoms. The molecule has 0 aliphatic rings. The van der Waals surface area contributed by atoms with Crippen LogP contribution in [0.1, 0.15) is 31.1 Å². The van der Waals surface area contributed by atoms with E-state index in [-0.39, 0.29) is 0 Å². The van der Waals surface area contributed by atoms with Gasteiger partial charge in [0.2, 0.25) is 0 Å². The van der Waals surface area contributed by atoms with Crippen molar-refractivity contribution >= 4 is 21.5 Å². The number of ether oxygens (including phenoxy) is 1. The molecular weight excluding hydrogens is 304 g/mol. The average Bonchev–Trinajstić information content (AvgIpc) is 2.31. The zero-order valence-electron chi connectivity index (χ0n) is 11.9. The van der Waals surface area contributed by atoms with Crippen LogP contribution < -0.4 is 5.73 Å². The summed E-state index contributed by atoms with van der Waals surface area (Å²) < 4.78 is 53.9. The fraction of sp³-hybridized carbons (Fsp3) is 0.462. The van der Waals surface area contributed by atoms with Crippen molar-refractivity contribution in [2.75, 3.05) is 18.1 Å². The van der Waals surface area contributed by atoms with E-state index in [1.807, 2.05) is 0 Å². The topological polar surface area (TPSA) is 86.5 Å². The van der Waals surface area contributed by atoms with Gasteiger partial charge in [0.05, 0.1) is 21.8 Å². The molecule has 1 rings (SSSR count). The van der Waals surface area contributed by atoms with Crippen molar-refractivity contribution in [1.29, 1.82) is 0 Å². The van der Waals surface area contributed by atoms with Crippen LogP contribution in [0.15, 0.2) is 12.1 Å². The summed E-state index contributed by atoms with van der Waals surface area (Å²) in [7, 11) is -3.47. The predicted octanol–water partition coefficient (Wildman–Crippen LogP) is 1.92. The Bertz CT molecular complexity index is 651. The minimum absolute atomic E-state index is 0.401. The third kappa shape index (κ3) is 4.13. The molecule has 2 N–H and O–H groups in total. The Hall–Kier alpha value is -1.70. The highest BCUT2D eigenvalue weighted by atomic mass is 32.2.